The molecule has 2 aliphatic rings. The van der Waals surface area contributed by atoms with Gasteiger partial charge in [-0.1, -0.05) is 12.8 Å². The largest absolute Gasteiger partial charge is 0.391 e. The maximum atomic E-state index is 9.97. The number of hydrogen-bond acceptors (Lipinski definition) is 3. The zero-order valence-corrected chi connectivity index (χ0v) is 9.69. The zero-order valence-electron chi connectivity index (χ0n) is 9.69. The Hall–Kier alpha value is -0.120. The lowest BCUT2D eigenvalue weighted by Crippen LogP contribution is -2.44. The summed E-state index contributed by atoms with van der Waals surface area (Å²) in [4.78, 5) is 2.48. The molecule has 1 aliphatic heterocycles. The fourth-order valence-electron chi connectivity index (χ4n) is 3.05. The van der Waals surface area contributed by atoms with Gasteiger partial charge in [0.1, 0.15) is 0 Å². The quantitative estimate of drug-likeness (QED) is 0.766. The summed E-state index contributed by atoms with van der Waals surface area (Å²) in [6.45, 7) is 3.14. The molecule has 0 aromatic rings. The molecule has 3 heteroatoms. The number of aliphatic hydroxyl groups excluding tert-OH is 1. The first kappa shape index (κ1) is 11.4. The van der Waals surface area contributed by atoms with E-state index in [2.05, 4.69) is 4.90 Å². The van der Waals surface area contributed by atoms with Crippen LogP contribution in [0.5, 0.6) is 0 Å². The van der Waals surface area contributed by atoms with Crippen LogP contribution in [-0.4, -0.2) is 49.0 Å². The Morgan fingerprint density at radius 1 is 1.27 bits per heavy atom. The molecule has 3 atom stereocenters. The van der Waals surface area contributed by atoms with Gasteiger partial charge in [-0.3, -0.25) is 4.90 Å². The van der Waals surface area contributed by atoms with Crippen LogP contribution in [0.4, 0.5) is 0 Å². The lowest BCUT2D eigenvalue weighted by Gasteiger charge is -2.35. The molecule has 1 unspecified atom stereocenters. The molecule has 0 bridgehead atoms. The van der Waals surface area contributed by atoms with Crippen molar-refractivity contribution in [2.75, 3.05) is 26.8 Å². The van der Waals surface area contributed by atoms with Crippen molar-refractivity contribution in [1.29, 1.82) is 0 Å². The van der Waals surface area contributed by atoms with Crippen LogP contribution in [0.2, 0.25) is 0 Å². The first-order chi connectivity index (χ1) is 7.31. The second-order valence-corrected chi connectivity index (χ2v) is 5.02. The van der Waals surface area contributed by atoms with Crippen molar-refractivity contribution < 1.29 is 9.84 Å². The predicted molar refractivity (Wildman–Crippen MR) is 59.8 cm³/mol. The number of ether oxygens (including phenoxy) is 1. The average molecular weight is 213 g/mol. The highest BCUT2D eigenvalue weighted by molar-refractivity contribution is 4.87. The van der Waals surface area contributed by atoms with Crippen molar-refractivity contribution in [2.24, 2.45) is 5.92 Å². The molecule has 1 N–H and O–H groups in total. The summed E-state index contributed by atoms with van der Waals surface area (Å²) in [5.74, 6) is 0.684. The van der Waals surface area contributed by atoms with E-state index in [9.17, 15) is 5.11 Å². The van der Waals surface area contributed by atoms with Crippen molar-refractivity contribution in [3.05, 3.63) is 0 Å². The number of rotatable bonds is 3. The van der Waals surface area contributed by atoms with E-state index in [1.54, 1.807) is 7.11 Å². The standard InChI is InChI=1S/C12H23NO2/c1-15-9-10-6-7-13(8-10)11-4-2-3-5-12(11)14/h10-12,14H,2-9H2,1H3/t10?,11-,12-/m1/s1. The van der Waals surface area contributed by atoms with Crippen molar-refractivity contribution >= 4 is 0 Å². The summed E-state index contributed by atoms with van der Waals surface area (Å²) >= 11 is 0. The lowest BCUT2D eigenvalue weighted by atomic mass is 9.91. The van der Waals surface area contributed by atoms with E-state index in [0.29, 0.717) is 12.0 Å². The van der Waals surface area contributed by atoms with E-state index in [4.69, 9.17) is 4.74 Å². The number of methoxy groups -OCH3 is 1. The first-order valence-corrected chi connectivity index (χ1v) is 6.22. The molecular weight excluding hydrogens is 190 g/mol. The number of aliphatic hydroxyl groups is 1. The normalized spacial score (nSPS) is 38.4. The Morgan fingerprint density at radius 2 is 2.07 bits per heavy atom. The monoisotopic (exact) mass is 213 g/mol. The molecule has 88 valence electrons. The maximum Gasteiger partial charge on any atom is 0.0695 e. The van der Waals surface area contributed by atoms with E-state index >= 15 is 0 Å². The molecule has 0 amide bonds. The van der Waals surface area contributed by atoms with Gasteiger partial charge >= 0.3 is 0 Å². The second kappa shape index (κ2) is 5.28. The lowest BCUT2D eigenvalue weighted by molar-refractivity contribution is 0.0273. The van der Waals surface area contributed by atoms with Crippen LogP contribution in [0, 0.1) is 5.92 Å². The van der Waals surface area contributed by atoms with E-state index < -0.39 is 0 Å². The Labute approximate surface area is 92.4 Å². The summed E-state index contributed by atoms with van der Waals surface area (Å²) < 4.78 is 5.20. The number of likely N-dealkylation sites (tertiary alicyclic amines) is 1. The highest BCUT2D eigenvalue weighted by atomic mass is 16.5. The Balaban J connectivity index is 1.83. The van der Waals surface area contributed by atoms with Crippen LogP contribution < -0.4 is 0 Å². The predicted octanol–water partition coefficient (Wildman–Crippen LogP) is 1.26. The van der Waals surface area contributed by atoms with Crippen molar-refractivity contribution in [2.45, 2.75) is 44.2 Å². The summed E-state index contributed by atoms with van der Waals surface area (Å²) in [6.07, 6.45) is 5.81. The van der Waals surface area contributed by atoms with E-state index in [-0.39, 0.29) is 6.10 Å². The molecule has 0 spiro atoms. The fraction of sp³-hybridized carbons (Fsp3) is 1.00. The Kier molecular flexibility index (Phi) is 4.00. The third-order valence-electron chi connectivity index (χ3n) is 3.88. The molecule has 2 rings (SSSR count). The van der Waals surface area contributed by atoms with E-state index in [1.807, 2.05) is 0 Å². The molecule has 1 heterocycles. The topological polar surface area (TPSA) is 32.7 Å². The Bertz CT molecular complexity index is 198. The van der Waals surface area contributed by atoms with Crippen LogP contribution >= 0.6 is 0 Å². The molecule has 1 saturated heterocycles. The molecule has 0 aromatic heterocycles. The summed E-state index contributed by atoms with van der Waals surface area (Å²) in [7, 11) is 1.78. The van der Waals surface area contributed by atoms with Gasteiger partial charge in [-0.15, -0.1) is 0 Å². The molecule has 3 nitrogen and oxygen atoms in total. The molecular formula is C12H23NO2. The number of hydrogen-bond donors (Lipinski definition) is 1. The van der Waals surface area contributed by atoms with Crippen LogP contribution in [-0.2, 0) is 4.74 Å². The van der Waals surface area contributed by atoms with Gasteiger partial charge in [0.2, 0.25) is 0 Å². The third kappa shape index (κ3) is 2.71. The summed E-state index contributed by atoms with van der Waals surface area (Å²) in [6, 6.07) is 0.431. The van der Waals surface area contributed by atoms with Crippen LogP contribution in [0.3, 0.4) is 0 Å². The smallest absolute Gasteiger partial charge is 0.0695 e. The van der Waals surface area contributed by atoms with Crippen LogP contribution in [0.25, 0.3) is 0 Å². The minimum absolute atomic E-state index is 0.0833. The van der Waals surface area contributed by atoms with Gasteiger partial charge in [-0.25, -0.2) is 0 Å². The minimum Gasteiger partial charge on any atom is -0.391 e. The minimum atomic E-state index is -0.0833. The van der Waals surface area contributed by atoms with Crippen molar-refractivity contribution in [1.82, 2.24) is 4.90 Å². The van der Waals surface area contributed by atoms with Crippen LogP contribution in [0.15, 0.2) is 0 Å². The van der Waals surface area contributed by atoms with Gasteiger partial charge in [0, 0.05) is 19.7 Å². The average Bonchev–Trinajstić information content (AvgIpc) is 2.68. The van der Waals surface area contributed by atoms with E-state index in [1.165, 1.54) is 25.7 Å². The highest BCUT2D eigenvalue weighted by Gasteiger charge is 2.33. The van der Waals surface area contributed by atoms with Crippen molar-refractivity contribution in [3.8, 4) is 0 Å². The zero-order chi connectivity index (χ0) is 10.7. The molecule has 0 radical (unpaired) electrons. The molecule has 2 fully saturated rings. The molecule has 15 heavy (non-hydrogen) atoms. The maximum absolute atomic E-state index is 9.97. The van der Waals surface area contributed by atoms with Gasteiger partial charge < -0.3 is 9.84 Å². The number of nitrogens with zero attached hydrogens (tertiary/aromatic N) is 1. The molecule has 0 aromatic carbocycles. The second-order valence-electron chi connectivity index (χ2n) is 5.02. The van der Waals surface area contributed by atoms with Crippen molar-refractivity contribution in [3.63, 3.8) is 0 Å². The molecule has 1 saturated carbocycles. The highest BCUT2D eigenvalue weighted by Crippen LogP contribution is 2.28. The molecule has 1 aliphatic carbocycles. The first-order valence-electron chi connectivity index (χ1n) is 6.22. The van der Waals surface area contributed by atoms with E-state index in [0.717, 1.165) is 26.1 Å². The third-order valence-corrected chi connectivity index (χ3v) is 3.88. The Morgan fingerprint density at radius 3 is 2.80 bits per heavy atom. The van der Waals surface area contributed by atoms with Gasteiger partial charge in [-0.2, -0.15) is 0 Å². The summed E-state index contributed by atoms with van der Waals surface area (Å²) in [5.41, 5.74) is 0. The van der Waals surface area contributed by atoms with Gasteiger partial charge in [0.05, 0.1) is 12.7 Å². The van der Waals surface area contributed by atoms with Gasteiger partial charge in [0.15, 0.2) is 0 Å². The van der Waals surface area contributed by atoms with Gasteiger partial charge in [-0.05, 0) is 31.7 Å². The SMILES string of the molecule is COCC1CCN([C@@H]2CCCC[C@H]2O)C1. The fourth-order valence-corrected chi connectivity index (χ4v) is 3.05. The summed E-state index contributed by atoms with van der Waals surface area (Å²) in [5, 5.41) is 9.97. The van der Waals surface area contributed by atoms with Crippen LogP contribution in [0.1, 0.15) is 32.1 Å². The van der Waals surface area contributed by atoms with Gasteiger partial charge in [0.25, 0.3) is 0 Å².